The van der Waals surface area contributed by atoms with Crippen molar-refractivity contribution in [1.29, 1.82) is 0 Å². The molecule has 1 heterocycles. The van der Waals surface area contributed by atoms with Gasteiger partial charge in [0.05, 0.1) is 0 Å². The SMILES string of the molecule is CCCCCCCCCNc1ccn(C(C)C)n1. The van der Waals surface area contributed by atoms with Crippen LogP contribution in [-0.2, 0) is 0 Å². The summed E-state index contributed by atoms with van der Waals surface area (Å²) in [7, 11) is 0. The average molecular weight is 251 g/mol. The van der Waals surface area contributed by atoms with Gasteiger partial charge in [-0.1, -0.05) is 45.4 Å². The van der Waals surface area contributed by atoms with E-state index < -0.39 is 0 Å². The first-order valence-electron chi connectivity index (χ1n) is 7.53. The molecular formula is C15H29N3. The van der Waals surface area contributed by atoms with Crippen molar-refractivity contribution in [2.24, 2.45) is 0 Å². The highest BCUT2D eigenvalue weighted by molar-refractivity contribution is 5.31. The van der Waals surface area contributed by atoms with E-state index in [4.69, 9.17) is 0 Å². The standard InChI is InChI=1S/C15H29N3/c1-4-5-6-7-8-9-10-12-16-15-11-13-18(17-15)14(2)3/h11,13-14H,4-10,12H2,1-3H3,(H,16,17). The molecule has 18 heavy (non-hydrogen) atoms. The van der Waals surface area contributed by atoms with Crippen molar-refractivity contribution in [3.63, 3.8) is 0 Å². The Balaban J connectivity index is 2.00. The van der Waals surface area contributed by atoms with Crippen molar-refractivity contribution >= 4 is 5.82 Å². The van der Waals surface area contributed by atoms with Crippen molar-refractivity contribution in [2.75, 3.05) is 11.9 Å². The third-order valence-electron chi connectivity index (χ3n) is 3.22. The Morgan fingerprint density at radius 3 is 2.39 bits per heavy atom. The maximum absolute atomic E-state index is 4.47. The molecule has 0 aliphatic heterocycles. The van der Waals surface area contributed by atoms with E-state index in [-0.39, 0.29) is 0 Å². The van der Waals surface area contributed by atoms with Gasteiger partial charge in [-0.2, -0.15) is 5.10 Å². The summed E-state index contributed by atoms with van der Waals surface area (Å²) < 4.78 is 1.99. The zero-order valence-electron chi connectivity index (χ0n) is 12.3. The molecule has 0 saturated carbocycles. The van der Waals surface area contributed by atoms with Gasteiger partial charge < -0.3 is 5.32 Å². The minimum atomic E-state index is 0.444. The summed E-state index contributed by atoms with van der Waals surface area (Å²) in [5.41, 5.74) is 0. The first kappa shape index (κ1) is 15.1. The number of anilines is 1. The van der Waals surface area contributed by atoms with Crippen LogP contribution < -0.4 is 5.32 Å². The van der Waals surface area contributed by atoms with E-state index in [1.165, 1.54) is 44.9 Å². The van der Waals surface area contributed by atoms with Gasteiger partial charge in [-0.05, 0) is 20.3 Å². The number of rotatable bonds is 10. The Bertz CT molecular complexity index is 304. The first-order valence-corrected chi connectivity index (χ1v) is 7.53. The largest absolute Gasteiger partial charge is 0.369 e. The van der Waals surface area contributed by atoms with Crippen LogP contribution in [0.25, 0.3) is 0 Å². The number of hydrogen-bond donors (Lipinski definition) is 1. The van der Waals surface area contributed by atoms with Crippen LogP contribution in [0.2, 0.25) is 0 Å². The van der Waals surface area contributed by atoms with Crippen LogP contribution in [0.3, 0.4) is 0 Å². The molecule has 1 aromatic heterocycles. The molecule has 0 fully saturated rings. The van der Waals surface area contributed by atoms with Gasteiger partial charge in [0.15, 0.2) is 0 Å². The van der Waals surface area contributed by atoms with E-state index in [1.54, 1.807) is 0 Å². The van der Waals surface area contributed by atoms with Gasteiger partial charge in [0.25, 0.3) is 0 Å². The third-order valence-corrected chi connectivity index (χ3v) is 3.22. The lowest BCUT2D eigenvalue weighted by Crippen LogP contribution is -2.05. The summed E-state index contributed by atoms with van der Waals surface area (Å²) >= 11 is 0. The van der Waals surface area contributed by atoms with Crippen LogP contribution in [-0.4, -0.2) is 16.3 Å². The van der Waals surface area contributed by atoms with Crippen molar-refractivity contribution in [1.82, 2.24) is 9.78 Å². The summed E-state index contributed by atoms with van der Waals surface area (Å²) in [5, 5.41) is 7.86. The molecule has 1 aromatic rings. The summed E-state index contributed by atoms with van der Waals surface area (Å²) in [5.74, 6) is 1.01. The fourth-order valence-electron chi connectivity index (χ4n) is 2.02. The zero-order valence-corrected chi connectivity index (χ0v) is 12.3. The van der Waals surface area contributed by atoms with Gasteiger partial charge in [-0.15, -0.1) is 0 Å². The van der Waals surface area contributed by atoms with Crippen molar-refractivity contribution < 1.29 is 0 Å². The van der Waals surface area contributed by atoms with Crippen LogP contribution in [0, 0.1) is 0 Å². The molecule has 1 rings (SSSR count). The van der Waals surface area contributed by atoms with Gasteiger partial charge in [0.2, 0.25) is 0 Å². The second kappa shape index (κ2) is 9.01. The van der Waals surface area contributed by atoms with Crippen LogP contribution >= 0.6 is 0 Å². The molecule has 1 N–H and O–H groups in total. The predicted molar refractivity (Wildman–Crippen MR) is 79.1 cm³/mol. The Morgan fingerprint density at radius 2 is 1.78 bits per heavy atom. The Hall–Kier alpha value is -0.990. The number of unbranched alkanes of at least 4 members (excludes halogenated alkanes) is 6. The monoisotopic (exact) mass is 251 g/mol. The van der Waals surface area contributed by atoms with Gasteiger partial charge in [-0.3, -0.25) is 4.68 Å². The molecule has 3 heteroatoms. The van der Waals surface area contributed by atoms with E-state index in [1.807, 2.05) is 10.9 Å². The molecule has 0 aromatic carbocycles. The van der Waals surface area contributed by atoms with E-state index in [0.29, 0.717) is 6.04 Å². The Morgan fingerprint density at radius 1 is 1.11 bits per heavy atom. The molecule has 0 radical (unpaired) electrons. The van der Waals surface area contributed by atoms with Crippen molar-refractivity contribution in [3.05, 3.63) is 12.3 Å². The molecular weight excluding hydrogens is 222 g/mol. The predicted octanol–water partition coefficient (Wildman–Crippen LogP) is 4.63. The fraction of sp³-hybridized carbons (Fsp3) is 0.800. The minimum Gasteiger partial charge on any atom is -0.369 e. The maximum atomic E-state index is 4.47. The summed E-state index contributed by atoms with van der Waals surface area (Å²) in [6, 6.07) is 2.50. The number of nitrogens with zero attached hydrogens (tertiary/aromatic N) is 2. The maximum Gasteiger partial charge on any atom is 0.147 e. The number of aromatic nitrogens is 2. The number of hydrogen-bond acceptors (Lipinski definition) is 2. The van der Waals surface area contributed by atoms with Gasteiger partial charge in [-0.25, -0.2) is 0 Å². The smallest absolute Gasteiger partial charge is 0.147 e. The molecule has 0 aliphatic carbocycles. The van der Waals surface area contributed by atoms with Gasteiger partial charge >= 0.3 is 0 Å². The quantitative estimate of drug-likeness (QED) is 0.615. The Labute approximate surface area is 112 Å². The second-order valence-electron chi connectivity index (χ2n) is 5.32. The highest BCUT2D eigenvalue weighted by Crippen LogP contribution is 2.09. The Kier molecular flexibility index (Phi) is 7.54. The van der Waals surface area contributed by atoms with E-state index in [9.17, 15) is 0 Å². The first-order chi connectivity index (χ1) is 8.74. The lowest BCUT2D eigenvalue weighted by Gasteiger charge is -2.05. The van der Waals surface area contributed by atoms with E-state index in [0.717, 1.165) is 12.4 Å². The van der Waals surface area contributed by atoms with Crippen molar-refractivity contribution in [3.8, 4) is 0 Å². The highest BCUT2D eigenvalue weighted by atomic mass is 15.3. The normalized spacial score (nSPS) is 11.1. The van der Waals surface area contributed by atoms with E-state index >= 15 is 0 Å². The molecule has 3 nitrogen and oxygen atoms in total. The molecule has 0 bridgehead atoms. The third kappa shape index (κ3) is 6.08. The van der Waals surface area contributed by atoms with Crippen molar-refractivity contribution in [2.45, 2.75) is 71.8 Å². The molecule has 0 saturated heterocycles. The minimum absolute atomic E-state index is 0.444. The van der Waals surface area contributed by atoms with Crippen LogP contribution in [0.15, 0.2) is 12.3 Å². The molecule has 104 valence electrons. The molecule has 0 amide bonds. The average Bonchev–Trinajstić information content (AvgIpc) is 2.81. The highest BCUT2D eigenvalue weighted by Gasteiger charge is 2.00. The summed E-state index contributed by atoms with van der Waals surface area (Å²) in [6.45, 7) is 7.60. The molecule has 0 atom stereocenters. The summed E-state index contributed by atoms with van der Waals surface area (Å²) in [4.78, 5) is 0. The summed E-state index contributed by atoms with van der Waals surface area (Å²) in [6.07, 6.45) is 11.5. The molecule has 0 aliphatic rings. The fourth-order valence-corrected chi connectivity index (χ4v) is 2.02. The lowest BCUT2D eigenvalue weighted by atomic mass is 10.1. The molecule has 0 unspecified atom stereocenters. The lowest BCUT2D eigenvalue weighted by molar-refractivity contribution is 0.533. The topological polar surface area (TPSA) is 29.9 Å². The second-order valence-corrected chi connectivity index (χ2v) is 5.32. The van der Waals surface area contributed by atoms with Crippen LogP contribution in [0.1, 0.15) is 71.8 Å². The van der Waals surface area contributed by atoms with Crippen LogP contribution in [0.5, 0.6) is 0 Å². The molecule has 0 spiro atoms. The zero-order chi connectivity index (χ0) is 13.2. The van der Waals surface area contributed by atoms with Gasteiger partial charge in [0.1, 0.15) is 5.82 Å². The van der Waals surface area contributed by atoms with Gasteiger partial charge in [0, 0.05) is 24.8 Å². The van der Waals surface area contributed by atoms with Crippen LogP contribution in [0.4, 0.5) is 5.82 Å². The van der Waals surface area contributed by atoms with E-state index in [2.05, 4.69) is 37.3 Å². The number of nitrogens with one attached hydrogen (secondary N) is 1.